The summed E-state index contributed by atoms with van der Waals surface area (Å²) in [6, 6.07) is 1.98. The van der Waals surface area contributed by atoms with Gasteiger partial charge in [0.25, 0.3) is 5.91 Å². The molecule has 0 saturated carbocycles. The Bertz CT molecular complexity index is 1200. The van der Waals surface area contributed by atoms with E-state index in [1.807, 2.05) is 17.6 Å². The Labute approximate surface area is 186 Å². The number of nitrogens with zero attached hydrogens (tertiary/aromatic N) is 3. The van der Waals surface area contributed by atoms with E-state index in [-0.39, 0.29) is 17.0 Å². The van der Waals surface area contributed by atoms with Gasteiger partial charge in [0.2, 0.25) is 5.43 Å². The molecule has 8 nitrogen and oxygen atoms in total. The number of nitrogens with one attached hydrogen (secondary N) is 2. The van der Waals surface area contributed by atoms with E-state index in [4.69, 9.17) is 4.74 Å². The summed E-state index contributed by atoms with van der Waals surface area (Å²) in [5.74, 6) is -0.400. The summed E-state index contributed by atoms with van der Waals surface area (Å²) in [6.07, 6.45) is 13.9. The van der Waals surface area contributed by atoms with Crippen molar-refractivity contribution in [2.75, 3.05) is 31.6 Å². The third kappa shape index (κ3) is 3.99. The first-order chi connectivity index (χ1) is 15.6. The zero-order chi connectivity index (χ0) is 22.1. The smallest absolute Gasteiger partial charge is 0.271 e. The molecule has 1 saturated heterocycles. The van der Waals surface area contributed by atoms with Crippen molar-refractivity contribution < 1.29 is 9.53 Å². The molecule has 2 aliphatic carbocycles. The van der Waals surface area contributed by atoms with Crippen LogP contribution in [0.3, 0.4) is 0 Å². The number of hydrogen-bond donors (Lipinski definition) is 2. The Kier molecular flexibility index (Phi) is 5.63. The molecular weight excluding hydrogens is 406 g/mol. The zero-order valence-electron chi connectivity index (χ0n) is 18.1. The highest BCUT2D eigenvalue weighted by atomic mass is 16.5. The number of anilines is 1. The molecule has 3 aliphatic rings. The zero-order valence-corrected chi connectivity index (χ0v) is 18.1. The first-order valence-electron chi connectivity index (χ1n) is 11.1. The maximum absolute atomic E-state index is 13.3. The van der Waals surface area contributed by atoms with Crippen molar-refractivity contribution >= 4 is 22.6 Å². The molecule has 0 bridgehead atoms. The maximum atomic E-state index is 13.3. The average molecular weight is 434 g/mol. The minimum Gasteiger partial charge on any atom is -0.379 e. The van der Waals surface area contributed by atoms with Gasteiger partial charge in [0, 0.05) is 31.9 Å². The van der Waals surface area contributed by atoms with Crippen LogP contribution < -0.4 is 16.2 Å². The minimum absolute atomic E-state index is 0.120. The van der Waals surface area contributed by atoms with Gasteiger partial charge < -0.3 is 14.6 Å². The summed E-state index contributed by atoms with van der Waals surface area (Å²) in [5.41, 5.74) is 6.72. The van der Waals surface area contributed by atoms with Crippen molar-refractivity contribution in [2.45, 2.75) is 32.4 Å². The predicted octanol–water partition coefficient (Wildman–Crippen LogP) is 2.39. The number of carbonyl (C=O) groups excluding carboxylic acids is 1. The number of allylic oxidation sites excluding steroid dienone is 4. The quantitative estimate of drug-likeness (QED) is 0.753. The Morgan fingerprint density at radius 1 is 1.28 bits per heavy atom. The van der Waals surface area contributed by atoms with Gasteiger partial charge in [-0.1, -0.05) is 24.3 Å². The van der Waals surface area contributed by atoms with Crippen LogP contribution >= 0.6 is 0 Å². The van der Waals surface area contributed by atoms with Crippen LogP contribution in [0.5, 0.6) is 0 Å². The van der Waals surface area contributed by atoms with Crippen molar-refractivity contribution in [1.29, 1.82) is 0 Å². The molecule has 166 valence electrons. The normalized spacial score (nSPS) is 20.6. The lowest BCUT2D eigenvalue weighted by molar-refractivity contribution is 0.0126. The van der Waals surface area contributed by atoms with Gasteiger partial charge in [-0.2, -0.15) is 0 Å². The second kappa shape index (κ2) is 8.72. The second-order valence-electron chi connectivity index (χ2n) is 8.26. The Morgan fingerprint density at radius 2 is 2.12 bits per heavy atom. The molecule has 2 N–H and O–H groups in total. The van der Waals surface area contributed by atoms with Crippen molar-refractivity contribution in [3.63, 3.8) is 0 Å². The third-order valence-electron chi connectivity index (χ3n) is 6.15. The number of carbonyl (C=O) groups is 1. The fourth-order valence-corrected chi connectivity index (χ4v) is 4.47. The molecule has 0 radical (unpaired) electrons. The molecule has 0 aromatic carbocycles. The highest BCUT2D eigenvalue weighted by Crippen LogP contribution is 2.32. The number of morpholine rings is 1. The molecular formula is C24H27N5O3. The van der Waals surface area contributed by atoms with Gasteiger partial charge in [0.05, 0.1) is 30.5 Å². The number of pyridine rings is 2. The molecule has 1 fully saturated rings. The topological polar surface area (TPSA) is 88.5 Å². The summed E-state index contributed by atoms with van der Waals surface area (Å²) in [5, 5.41) is 5.72. The van der Waals surface area contributed by atoms with Crippen LogP contribution in [0.25, 0.3) is 11.0 Å². The van der Waals surface area contributed by atoms with Crippen LogP contribution in [0.1, 0.15) is 30.1 Å². The average Bonchev–Trinajstić information content (AvgIpc) is 3.22. The number of aryl methyl sites for hydroxylation is 1. The maximum Gasteiger partial charge on any atom is 0.271 e. The minimum atomic E-state index is -0.400. The molecule has 3 heterocycles. The predicted molar refractivity (Wildman–Crippen MR) is 123 cm³/mol. The molecule has 8 heteroatoms. The lowest BCUT2D eigenvalue weighted by Crippen LogP contribution is -2.49. The van der Waals surface area contributed by atoms with Crippen molar-refractivity contribution in [1.82, 2.24) is 20.0 Å². The summed E-state index contributed by atoms with van der Waals surface area (Å²) >= 11 is 0. The summed E-state index contributed by atoms with van der Waals surface area (Å²) < 4.78 is 7.16. The van der Waals surface area contributed by atoms with Crippen LogP contribution in [0.4, 0.5) is 5.69 Å². The lowest BCUT2D eigenvalue weighted by atomic mass is 10.0. The Balaban J connectivity index is 1.44. The second-order valence-corrected chi connectivity index (χ2v) is 8.26. The molecule has 0 spiro atoms. The highest BCUT2D eigenvalue weighted by Gasteiger charge is 2.22. The fourth-order valence-electron chi connectivity index (χ4n) is 4.47. The Morgan fingerprint density at radius 3 is 2.91 bits per heavy atom. The van der Waals surface area contributed by atoms with Crippen LogP contribution in [0, 0.1) is 0 Å². The largest absolute Gasteiger partial charge is 0.379 e. The monoisotopic (exact) mass is 433 g/mol. The summed E-state index contributed by atoms with van der Waals surface area (Å²) in [7, 11) is 0. The van der Waals surface area contributed by atoms with E-state index >= 15 is 0 Å². The molecule has 1 unspecified atom stereocenters. The van der Waals surface area contributed by atoms with Crippen molar-refractivity contribution in [3.05, 3.63) is 69.7 Å². The Hall–Kier alpha value is -3.23. The molecule has 32 heavy (non-hydrogen) atoms. The molecule has 1 amide bonds. The van der Waals surface area contributed by atoms with Gasteiger partial charge in [-0.3, -0.25) is 15.0 Å². The number of aromatic nitrogens is 2. The fraction of sp³-hybridized carbons (Fsp3) is 0.375. The number of hydrogen-bond acceptors (Lipinski definition) is 6. The summed E-state index contributed by atoms with van der Waals surface area (Å²) in [4.78, 5) is 30.7. The van der Waals surface area contributed by atoms with Crippen LogP contribution in [-0.4, -0.2) is 52.8 Å². The van der Waals surface area contributed by atoms with Gasteiger partial charge in [-0.15, -0.1) is 0 Å². The SMILES string of the molecule is CCn1cc(C(=O)NN2CCOCC2)c(=O)c2cc(NC3C=C4CC=CC=C4C3)cnc21. The molecule has 1 aliphatic heterocycles. The van der Waals surface area contributed by atoms with Gasteiger partial charge in [0.15, 0.2) is 0 Å². The van der Waals surface area contributed by atoms with Crippen LogP contribution in [0.2, 0.25) is 0 Å². The first-order valence-corrected chi connectivity index (χ1v) is 11.1. The van der Waals surface area contributed by atoms with Gasteiger partial charge in [-0.25, -0.2) is 9.99 Å². The van der Waals surface area contributed by atoms with E-state index in [0.29, 0.717) is 43.9 Å². The van der Waals surface area contributed by atoms with Gasteiger partial charge in [-0.05, 0) is 37.0 Å². The van der Waals surface area contributed by atoms with Crippen molar-refractivity contribution in [3.8, 4) is 0 Å². The number of hydrazine groups is 1. The molecule has 2 aromatic rings. The summed E-state index contributed by atoms with van der Waals surface area (Å²) in [6.45, 7) is 4.88. The third-order valence-corrected chi connectivity index (χ3v) is 6.15. The standard InChI is InChI=1S/C24H27N5O3/c1-2-28-15-21(24(31)27-29-7-9-32-10-8-29)22(30)20-13-19(14-25-23(20)28)26-18-11-16-5-3-4-6-17(16)12-18/h3-5,12-15,18,26H,2,6-11H2,1H3,(H,27,31). The van der Waals surface area contributed by atoms with E-state index in [9.17, 15) is 9.59 Å². The molecule has 2 aromatic heterocycles. The highest BCUT2D eigenvalue weighted by molar-refractivity contribution is 5.97. The van der Waals surface area contributed by atoms with E-state index < -0.39 is 5.91 Å². The van der Waals surface area contributed by atoms with E-state index in [1.165, 1.54) is 11.1 Å². The van der Waals surface area contributed by atoms with Crippen LogP contribution in [-0.2, 0) is 11.3 Å². The number of ether oxygens (including phenoxy) is 1. The van der Waals surface area contributed by atoms with E-state index in [0.717, 1.165) is 18.5 Å². The number of fused-ring (bicyclic) bond motifs is 2. The van der Waals surface area contributed by atoms with Crippen molar-refractivity contribution in [2.24, 2.45) is 0 Å². The molecule has 1 atom stereocenters. The van der Waals surface area contributed by atoms with E-state index in [2.05, 4.69) is 40.0 Å². The number of rotatable bonds is 5. The van der Waals surface area contributed by atoms with E-state index in [1.54, 1.807) is 17.4 Å². The van der Waals surface area contributed by atoms with Gasteiger partial charge in [0.1, 0.15) is 11.2 Å². The molecule has 5 rings (SSSR count). The van der Waals surface area contributed by atoms with Crippen LogP contribution in [0.15, 0.2) is 58.7 Å². The number of amides is 1. The van der Waals surface area contributed by atoms with Gasteiger partial charge >= 0.3 is 0 Å². The first kappa shape index (κ1) is 20.7. The lowest BCUT2D eigenvalue weighted by Gasteiger charge is -2.27.